The van der Waals surface area contributed by atoms with Crippen molar-refractivity contribution in [2.45, 2.75) is 20.3 Å². The summed E-state index contributed by atoms with van der Waals surface area (Å²) < 4.78 is 11.2. The van der Waals surface area contributed by atoms with Crippen LogP contribution in [-0.2, 0) is 20.7 Å². The van der Waals surface area contributed by atoms with Gasteiger partial charge >= 0.3 is 5.97 Å². The van der Waals surface area contributed by atoms with Crippen LogP contribution in [0.15, 0.2) is 60.8 Å². The maximum atomic E-state index is 13.0. The quantitative estimate of drug-likeness (QED) is 0.412. The summed E-state index contributed by atoms with van der Waals surface area (Å²) in [4.78, 5) is 41.8. The Morgan fingerprint density at radius 2 is 1.79 bits per heavy atom. The van der Waals surface area contributed by atoms with E-state index >= 15 is 0 Å². The highest BCUT2D eigenvalue weighted by Gasteiger charge is 2.24. The normalized spacial score (nSPS) is 11.9. The van der Waals surface area contributed by atoms with E-state index in [9.17, 15) is 14.4 Å². The summed E-state index contributed by atoms with van der Waals surface area (Å²) in [6.07, 6.45) is 3.69. The van der Waals surface area contributed by atoms with Gasteiger partial charge in [0.2, 0.25) is 11.8 Å². The van der Waals surface area contributed by atoms with Gasteiger partial charge in [-0.2, -0.15) is 0 Å². The van der Waals surface area contributed by atoms with Crippen LogP contribution >= 0.6 is 23.2 Å². The zero-order valence-corrected chi connectivity index (χ0v) is 19.7. The number of hydrogen-bond donors (Lipinski definition) is 0. The molecule has 2 amide bonds. The summed E-state index contributed by atoms with van der Waals surface area (Å²) in [5, 5.41) is 0.536. The van der Waals surface area contributed by atoms with Gasteiger partial charge in [0.25, 0.3) is 5.91 Å². The summed E-state index contributed by atoms with van der Waals surface area (Å²) in [6.45, 7) is 2.63. The molecule has 0 fully saturated rings. The second-order valence-corrected chi connectivity index (χ2v) is 8.21. The molecule has 0 radical (unpaired) electrons. The monoisotopic (exact) mass is 496 g/mol. The number of anilines is 1. The molecule has 1 aromatic heterocycles. The van der Waals surface area contributed by atoms with Gasteiger partial charge in [-0.05, 0) is 42.8 Å². The standard InChI is InChI=1S/C25H18Cl2N2O5/c1-14(30)29(17-7-9-20(26)21(27)12-17)25(32)16-6-11-24(28-13-16)34-22-5-3-4-18-19(22)8-10-23(18)33-15(2)31/h3-7,9-13H,8H2,1-2H3. The molecule has 0 N–H and O–H groups in total. The first-order valence-electron chi connectivity index (χ1n) is 10.2. The molecule has 0 unspecified atom stereocenters. The largest absolute Gasteiger partial charge is 0.439 e. The van der Waals surface area contributed by atoms with Gasteiger partial charge in [0.15, 0.2) is 0 Å². The van der Waals surface area contributed by atoms with Crippen LogP contribution in [0.3, 0.4) is 0 Å². The number of aromatic nitrogens is 1. The first kappa shape index (κ1) is 23.5. The average Bonchev–Trinajstić information content (AvgIpc) is 3.20. The molecule has 34 heavy (non-hydrogen) atoms. The van der Waals surface area contributed by atoms with Crippen molar-refractivity contribution in [2.75, 3.05) is 4.90 Å². The molecule has 0 spiro atoms. The topological polar surface area (TPSA) is 85.8 Å². The SMILES string of the molecule is CC(=O)OC1=CCc2c(Oc3ccc(C(=O)N(C(C)=O)c4ccc(Cl)c(Cl)c4)cn3)cccc21. The van der Waals surface area contributed by atoms with Crippen LogP contribution in [-0.4, -0.2) is 22.8 Å². The summed E-state index contributed by atoms with van der Waals surface area (Å²) in [5.74, 6) is -0.139. The van der Waals surface area contributed by atoms with E-state index in [1.54, 1.807) is 12.1 Å². The van der Waals surface area contributed by atoms with Gasteiger partial charge in [-0.1, -0.05) is 35.3 Å². The maximum absolute atomic E-state index is 13.0. The molecule has 3 aromatic rings. The molecule has 172 valence electrons. The smallest absolute Gasteiger partial charge is 0.308 e. The van der Waals surface area contributed by atoms with Gasteiger partial charge < -0.3 is 9.47 Å². The highest BCUT2D eigenvalue weighted by molar-refractivity contribution is 6.42. The second kappa shape index (κ2) is 9.67. The molecule has 0 bridgehead atoms. The van der Waals surface area contributed by atoms with E-state index in [1.807, 2.05) is 12.1 Å². The third-order valence-corrected chi connectivity index (χ3v) is 5.76. The van der Waals surface area contributed by atoms with Gasteiger partial charge in [0.05, 0.1) is 21.3 Å². The third kappa shape index (κ3) is 4.81. The Balaban J connectivity index is 1.54. The number of esters is 1. The van der Waals surface area contributed by atoms with Gasteiger partial charge in [-0.25, -0.2) is 9.88 Å². The van der Waals surface area contributed by atoms with Crippen LogP contribution in [0, 0.1) is 0 Å². The lowest BCUT2D eigenvalue weighted by Crippen LogP contribution is -2.35. The number of fused-ring (bicyclic) bond motifs is 1. The van der Waals surface area contributed by atoms with E-state index in [2.05, 4.69) is 4.98 Å². The van der Waals surface area contributed by atoms with E-state index in [4.69, 9.17) is 32.7 Å². The first-order chi connectivity index (χ1) is 16.2. The summed E-state index contributed by atoms with van der Waals surface area (Å²) in [5.41, 5.74) is 2.12. The zero-order valence-electron chi connectivity index (χ0n) is 18.2. The molecule has 0 atom stereocenters. The van der Waals surface area contributed by atoms with Crippen molar-refractivity contribution < 1.29 is 23.9 Å². The lowest BCUT2D eigenvalue weighted by Gasteiger charge is -2.20. The molecule has 9 heteroatoms. The van der Waals surface area contributed by atoms with Crippen molar-refractivity contribution in [2.24, 2.45) is 0 Å². The van der Waals surface area contributed by atoms with Crippen LogP contribution < -0.4 is 9.64 Å². The number of pyridine rings is 1. The molecule has 0 saturated heterocycles. The molecular weight excluding hydrogens is 479 g/mol. The molecular formula is C25H18Cl2N2O5. The molecule has 2 aromatic carbocycles. The third-order valence-electron chi connectivity index (χ3n) is 5.02. The predicted molar refractivity (Wildman–Crippen MR) is 128 cm³/mol. The molecule has 0 aliphatic heterocycles. The average molecular weight is 497 g/mol. The number of halogens is 2. The lowest BCUT2D eigenvalue weighted by atomic mass is 10.1. The van der Waals surface area contributed by atoms with Crippen molar-refractivity contribution in [1.82, 2.24) is 4.98 Å². The molecule has 7 nitrogen and oxygen atoms in total. The van der Waals surface area contributed by atoms with E-state index in [-0.39, 0.29) is 16.5 Å². The van der Waals surface area contributed by atoms with Gasteiger partial charge in [-0.15, -0.1) is 0 Å². The molecule has 1 heterocycles. The zero-order chi connectivity index (χ0) is 24.4. The van der Waals surface area contributed by atoms with E-state index in [1.165, 1.54) is 50.4 Å². The lowest BCUT2D eigenvalue weighted by molar-refractivity contribution is -0.134. The number of rotatable bonds is 5. The van der Waals surface area contributed by atoms with Crippen molar-refractivity contribution in [3.05, 3.63) is 87.5 Å². The van der Waals surface area contributed by atoms with Gasteiger partial charge in [0.1, 0.15) is 11.5 Å². The number of carbonyl (C=O) groups excluding carboxylic acids is 3. The highest BCUT2D eigenvalue weighted by Crippen LogP contribution is 2.36. The number of ether oxygens (including phenoxy) is 2. The van der Waals surface area contributed by atoms with E-state index in [0.717, 1.165) is 16.0 Å². The summed E-state index contributed by atoms with van der Waals surface area (Å²) in [6, 6.07) is 13.0. The molecule has 0 saturated carbocycles. The van der Waals surface area contributed by atoms with E-state index < -0.39 is 17.8 Å². The Labute approximate surface area is 205 Å². The molecule has 1 aliphatic carbocycles. The number of amides is 2. The Morgan fingerprint density at radius 1 is 1.00 bits per heavy atom. The van der Waals surface area contributed by atoms with Crippen LogP contribution in [0.5, 0.6) is 11.6 Å². The van der Waals surface area contributed by atoms with Crippen LogP contribution in [0.2, 0.25) is 10.0 Å². The minimum Gasteiger partial charge on any atom is -0.439 e. The minimum absolute atomic E-state index is 0.186. The summed E-state index contributed by atoms with van der Waals surface area (Å²) >= 11 is 12.0. The minimum atomic E-state index is -0.569. The van der Waals surface area contributed by atoms with Crippen LogP contribution in [0.25, 0.3) is 5.76 Å². The number of nitrogens with zero attached hydrogens (tertiary/aromatic N) is 2. The van der Waals surface area contributed by atoms with Crippen molar-refractivity contribution >= 4 is 52.4 Å². The van der Waals surface area contributed by atoms with Crippen molar-refractivity contribution in [3.63, 3.8) is 0 Å². The van der Waals surface area contributed by atoms with Crippen LogP contribution in [0.4, 0.5) is 5.69 Å². The Hall–Kier alpha value is -3.68. The molecule has 4 rings (SSSR count). The molecule has 1 aliphatic rings. The Bertz CT molecular complexity index is 1340. The Kier molecular flexibility index (Phi) is 6.68. The number of imide groups is 1. The van der Waals surface area contributed by atoms with Crippen molar-refractivity contribution in [3.8, 4) is 11.6 Å². The number of allylic oxidation sites excluding steroid dienone is 1. The number of hydrogen-bond acceptors (Lipinski definition) is 6. The predicted octanol–water partition coefficient (Wildman–Crippen LogP) is 5.83. The fourth-order valence-corrected chi connectivity index (χ4v) is 3.83. The number of benzene rings is 2. The van der Waals surface area contributed by atoms with E-state index in [0.29, 0.717) is 28.6 Å². The van der Waals surface area contributed by atoms with Gasteiger partial charge in [-0.3, -0.25) is 14.4 Å². The fraction of sp³-hybridized carbons (Fsp3) is 0.120. The first-order valence-corrected chi connectivity index (χ1v) is 10.9. The maximum Gasteiger partial charge on any atom is 0.308 e. The fourth-order valence-electron chi connectivity index (χ4n) is 3.53. The number of carbonyl (C=O) groups is 3. The van der Waals surface area contributed by atoms with Gasteiger partial charge in [0, 0.05) is 37.2 Å². The second-order valence-electron chi connectivity index (χ2n) is 7.39. The van der Waals surface area contributed by atoms with Crippen LogP contribution in [0.1, 0.15) is 35.3 Å². The summed E-state index contributed by atoms with van der Waals surface area (Å²) in [7, 11) is 0. The Morgan fingerprint density at radius 3 is 2.44 bits per heavy atom. The highest BCUT2D eigenvalue weighted by atomic mass is 35.5. The van der Waals surface area contributed by atoms with Crippen molar-refractivity contribution in [1.29, 1.82) is 0 Å².